The van der Waals surface area contributed by atoms with E-state index in [9.17, 15) is 10.1 Å². The van der Waals surface area contributed by atoms with Gasteiger partial charge in [0.05, 0.1) is 23.7 Å². The number of ether oxygens (including phenoxy) is 1. The molecule has 3 aliphatic rings. The maximum atomic E-state index is 12.5. The van der Waals surface area contributed by atoms with E-state index >= 15 is 0 Å². The number of anilines is 2. The predicted octanol–water partition coefficient (Wildman–Crippen LogP) is 5.17. The highest BCUT2D eigenvalue weighted by Gasteiger charge is 2.29. The average molecular weight is 505 g/mol. The lowest BCUT2D eigenvalue weighted by Crippen LogP contribution is -2.33. The number of carbonyl (C=O) groups excluding carboxylic acids is 1. The van der Waals surface area contributed by atoms with Crippen molar-refractivity contribution in [3.05, 3.63) is 70.3 Å². The molecule has 5 rings (SSSR count). The number of nitrogens with zero attached hydrogens (tertiary/aromatic N) is 5. The molecule has 0 fully saturated rings. The Kier molecular flexibility index (Phi) is 6.35. The Morgan fingerprint density at radius 3 is 2.75 bits per heavy atom. The second kappa shape index (κ2) is 9.47. The molecule has 0 saturated heterocycles. The summed E-state index contributed by atoms with van der Waals surface area (Å²) in [6.45, 7) is 8.20. The van der Waals surface area contributed by atoms with Gasteiger partial charge < -0.3 is 15.0 Å². The molecule has 3 heterocycles. The lowest BCUT2D eigenvalue weighted by Gasteiger charge is -2.34. The van der Waals surface area contributed by atoms with E-state index in [0.717, 1.165) is 52.6 Å². The fraction of sp³-hybridized carbons (Fsp3) is 0.407. The van der Waals surface area contributed by atoms with Crippen molar-refractivity contribution < 1.29 is 9.53 Å². The SMILES string of the molecule is CC(C)(C)OC(=O)N1Cc2ccc(Nc3ncnc4c3CCN(C3=CC=C(C#N)C(Cl)C3)C4)cc2C1. The van der Waals surface area contributed by atoms with Crippen LogP contribution in [0.4, 0.5) is 16.3 Å². The van der Waals surface area contributed by atoms with Crippen molar-refractivity contribution in [2.75, 3.05) is 11.9 Å². The zero-order valence-corrected chi connectivity index (χ0v) is 21.5. The van der Waals surface area contributed by atoms with Gasteiger partial charge in [-0.15, -0.1) is 11.6 Å². The lowest BCUT2D eigenvalue weighted by atomic mass is 9.99. The quantitative estimate of drug-likeness (QED) is 0.576. The number of aromatic nitrogens is 2. The second-order valence-electron chi connectivity index (χ2n) is 10.3. The van der Waals surface area contributed by atoms with Crippen molar-refractivity contribution in [3.8, 4) is 6.07 Å². The first kappa shape index (κ1) is 24.1. The van der Waals surface area contributed by atoms with E-state index in [1.54, 1.807) is 11.2 Å². The molecule has 1 unspecified atom stereocenters. The largest absolute Gasteiger partial charge is 0.444 e. The normalized spacial score (nSPS) is 19.0. The highest BCUT2D eigenvalue weighted by molar-refractivity contribution is 6.23. The van der Waals surface area contributed by atoms with Crippen LogP contribution in [0.5, 0.6) is 0 Å². The predicted molar refractivity (Wildman–Crippen MR) is 137 cm³/mol. The van der Waals surface area contributed by atoms with E-state index in [1.165, 1.54) is 0 Å². The second-order valence-corrected chi connectivity index (χ2v) is 10.9. The maximum Gasteiger partial charge on any atom is 0.410 e. The van der Waals surface area contributed by atoms with Gasteiger partial charge in [0.15, 0.2) is 0 Å². The number of carbonyl (C=O) groups is 1. The van der Waals surface area contributed by atoms with Crippen LogP contribution in [0.1, 0.15) is 49.6 Å². The van der Waals surface area contributed by atoms with E-state index in [2.05, 4.69) is 38.4 Å². The first-order chi connectivity index (χ1) is 17.2. The van der Waals surface area contributed by atoms with Gasteiger partial charge in [0.25, 0.3) is 0 Å². The third-order valence-corrected chi connectivity index (χ3v) is 6.96. The van der Waals surface area contributed by atoms with E-state index < -0.39 is 5.60 Å². The number of fused-ring (bicyclic) bond motifs is 2. The first-order valence-electron chi connectivity index (χ1n) is 12.1. The molecule has 1 aliphatic carbocycles. The Morgan fingerprint density at radius 1 is 1.19 bits per heavy atom. The van der Waals surface area contributed by atoms with Gasteiger partial charge in [0.1, 0.15) is 17.7 Å². The van der Waals surface area contributed by atoms with E-state index in [-0.39, 0.29) is 11.5 Å². The van der Waals surface area contributed by atoms with Gasteiger partial charge in [0, 0.05) is 48.6 Å². The molecule has 0 saturated carbocycles. The highest BCUT2D eigenvalue weighted by atomic mass is 35.5. The molecule has 9 heteroatoms. The number of hydrogen-bond donors (Lipinski definition) is 1. The molecule has 36 heavy (non-hydrogen) atoms. The Bertz CT molecular complexity index is 1310. The number of nitrogens with one attached hydrogen (secondary N) is 1. The molecule has 0 radical (unpaired) electrons. The van der Waals surface area contributed by atoms with Crippen LogP contribution < -0.4 is 5.32 Å². The van der Waals surface area contributed by atoms with Crippen LogP contribution in [-0.2, 0) is 30.8 Å². The van der Waals surface area contributed by atoms with Crippen LogP contribution >= 0.6 is 11.6 Å². The summed E-state index contributed by atoms with van der Waals surface area (Å²) in [6, 6.07) is 8.32. The summed E-state index contributed by atoms with van der Waals surface area (Å²) in [5, 5.41) is 12.4. The highest BCUT2D eigenvalue weighted by Crippen LogP contribution is 2.33. The zero-order chi connectivity index (χ0) is 25.4. The van der Waals surface area contributed by atoms with Crippen molar-refractivity contribution in [2.45, 2.75) is 64.2 Å². The number of benzene rings is 1. The van der Waals surface area contributed by atoms with Crippen molar-refractivity contribution in [1.29, 1.82) is 5.26 Å². The first-order valence-corrected chi connectivity index (χ1v) is 12.5. The molecule has 1 aromatic heterocycles. The van der Waals surface area contributed by atoms with Crippen molar-refractivity contribution in [2.24, 2.45) is 0 Å². The van der Waals surface area contributed by atoms with Crippen molar-refractivity contribution in [1.82, 2.24) is 19.8 Å². The van der Waals surface area contributed by atoms with Crippen LogP contribution in [0.25, 0.3) is 0 Å². The summed E-state index contributed by atoms with van der Waals surface area (Å²) in [4.78, 5) is 25.6. The maximum absolute atomic E-state index is 12.5. The van der Waals surface area contributed by atoms with Gasteiger partial charge in [-0.05, 0) is 62.6 Å². The van der Waals surface area contributed by atoms with Crippen molar-refractivity contribution in [3.63, 3.8) is 0 Å². The molecule has 0 spiro atoms. The third-order valence-electron chi connectivity index (χ3n) is 6.57. The molecular weight excluding hydrogens is 476 g/mol. The molecule has 0 bridgehead atoms. The summed E-state index contributed by atoms with van der Waals surface area (Å²) in [6.07, 6.45) is 6.55. The van der Waals surface area contributed by atoms with E-state index in [4.69, 9.17) is 16.3 Å². The molecule has 8 nitrogen and oxygen atoms in total. The fourth-order valence-electron chi connectivity index (χ4n) is 4.77. The van der Waals surface area contributed by atoms with Gasteiger partial charge in [-0.25, -0.2) is 14.8 Å². The van der Waals surface area contributed by atoms with Gasteiger partial charge in [-0.1, -0.05) is 6.07 Å². The molecule has 1 amide bonds. The molecule has 186 valence electrons. The summed E-state index contributed by atoms with van der Waals surface area (Å²) >= 11 is 6.38. The standard InChI is InChI=1S/C27H29ClN6O2/c1-27(2,3)36-26(35)34-13-18-4-6-20(10-19(18)14-34)32-25-22-8-9-33(15-24(22)30-16-31-25)21-7-5-17(12-29)23(28)11-21/h4-7,10,16,23H,8-9,11,13-15H2,1-3H3,(H,30,31,32). The van der Waals surface area contributed by atoms with Crippen LogP contribution in [0.15, 0.2) is 47.9 Å². The minimum atomic E-state index is -0.518. The molecular formula is C27H29ClN6O2. The monoisotopic (exact) mass is 504 g/mol. The zero-order valence-electron chi connectivity index (χ0n) is 20.7. The smallest absolute Gasteiger partial charge is 0.410 e. The van der Waals surface area contributed by atoms with E-state index in [0.29, 0.717) is 31.6 Å². The number of rotatable bonds is 3. The van der Waals surface area contributed by atoms with Crippen molar-refractivity contribution >= 4 is 29.2 Å². The minimum Gasteiger partial charge on any atom is -0.444 e. The topological polar surface area (TPSA) is 94.4 Å². The molecule has 1 N–H and O–H groups in total. The summed E-state index contributed by atoms with van der Waals surface area (Å²) in [7, 11) is 0. The Morgan fingerprint density at radius 2 is 2.00 bits per heavy atom. The molecule has 2 aromatic rings. The van der Waals surface area contributed by atoms with Crippen LogP contribution in [0.2, 0.25) is 0 Å². The van der Waals surface area contributed by atoms with Gasteiger partial charge in [-0.3, -0.25) is 4.90 Å². The van der Waals surface area contributed by atoms with Crippen LogP contribution in [0, 0.1) is 11.3 Å². The average Bonchev–Trinajstić information content (AvgIpc) is 3.27. The number of nitriles is 1. The number of alkyl halides is 1. The molecule has 1 atom stereocenters. The minimum absolute atomic E-state index is 0.287. The Hall–Kier alpha value is -3.57. The van der Waals surface area contributed by atoms with E-state index in [1.807, 2.05) is 39.0 Å². The number of hydrogen-bond acceptors (Lipinski definition) is 7. The summed E-state index contributed by atoms with van der Waals surface area (Å²) in [5.41, 5.74) is 6.46. The van der Waals surface area contributed by atoms with Gasteiger partial charge in [0.2, 0.25) is 0 Å². The summed E-state index contributed by atoms with van der Waals surface area (Å²) in [5.74, 6) is 0.807. The third kappa shape index (κ3) is 5.02. The molecule has 2 aliphatic heterocycles. The number of amides is 1. The van der Waals surface area contributed by atoms with Gasteiger partial charge >= 0.3 is 6.09 Å². The van der Waals surface area contributed by atoms with Crippen LogP contribution in [0.3, 0.4) is 0 Å². The number of allylic oxidation sites excluding steroid dienone is 4. The Balaban J connectivity index is 1.29. The lowest BCUT2D eigenvalue weighted by molar-refractivity contribution is 0.0242. The fourth-order valence-corrected chi connectivity index (χ4v) is 5.05. The van der Waals surface area contributed by atoms with Gasteiger partial charge in [-0.2, -0.15) is 5.26 Å². The number of halogens is 1. The van der Waals surface area contributed by atoms with Crippen LogP contribution in [-0.4, -0.2) is 43.4 Å². The summed E-state index contributed by atoms with van der Waals surface area (Å²) < 4.78 is 5.53. The molecule has 1 aromatic carbocycles. The Labute approximate surface area is 216 Å².